The number of anilines is 2. The first kappa shape index (κ1) is 21.6. The number of amides is 1. The minimum Gasteiger partial charge on any atom is -0.355 e. The lowest BCUT2D eigenvalue weighted by atomic mass is 9.96. The van der Waals surface area contributed by atoms with E-state index in [0.29, 0.717) is 43.1 Å². The number of rotatable bonds is 5. The summed E-state index contributed by atoms with van der Waals surface area (Å²) in [6, 6.07) is 15.0. The summed E-state index contributed by atoms with van der Waals surface area (Å²) in [6.07, 6.45) is 4.86. The topological polar surface area (TPSA) is 103 Å². The van der Waals surface area contributed by atoms with Gasteiger partial charge in [-0.25, -0.2) is 9.36 Å². The van der Waals surface area contributed by atoms with E-state index in [4.69, 9.17) is 0 Å². The first-order valence-electron chi connectivity index (χ1n) is 11.3. The van der Waals surface area contributed by atoms with E-state index >= 15 is 0 Å². The van der Waals surface area contributed by atoms with Crippen molar-refractivity contribution in [1.82, 2.24) is 29.3 Å². The van der Waals surface area contributed by atoms with Gasteiger partial charge in [0.1, 0.15) is 5.69 Å². The molecular formula is C24H26N8O2. The zero-order valence-corrected chi connectivity index (χ0v) is 19.1. The number of nitrogens with one attached hydrogen (secondary N) is 1. The molecule has 1 fully saturated rings. The van der Waals surface area contributed by atoms with E-state index in [0.717, 1.165) is 11.5 Å². The highest BCUT2D eigenvalue weighted by Crippen LogP contribution is 2.24. The summed E-state index contributed by atoms with van der Waals surface area (Å²) in [5.41, 5.74) is 1.57. The van der Waals surface area contributed by atoms with Crippen LogP contribution in [0.2, 0.25) is 0 Å². The quantitative estimate of drug-likeness (QED) is 0.492. The molecule has 0 atom stereocenters. The molecule has 0 saturated carbocycles. The standard InChI is InChI=1S/C24H26N8O2/c1-17-22(24(34)32(29(17)2)19-7-4-3-5-8-19)26-23(33)18-11-15-30(16-12-18)20-9-10-21(28-27-20)31-14-6-13-25-31/h3-10,13-14,18H,11-12,15-16H2,1-2H3,(H,26,33). The van der Waals surface area contributed by atoms with E-state index in [2.05, 4.69) is 25.5 Å². The predicted octanol–water partition coefficient (Wildman–Crippen LogP) is 2.32. The van der Waals surface area contributed by atoms with E-state index in [-0.39, 0.29) is 17.4 Å². The van der Waals surface area contributed by atoms with Crippen molar-refractivity contribution >= 4 is 17.4 Å². The number of carbonyl (C=O) groups is 1. The number of nitrogens with zero attached hydrogens (tertiary/aromatic N) is 7. The van der Waals surface area contributed by atoms with Crippen LogP contribution >= 0.6 is 0 Å². The fourth-order valence-corrected chi connectivity index (χ4v) is 4.32. The summed E-state index contributed by atoms with van der Waals surface area (Å²) in [7, 11) is 1.82. The number of carbonyl (C=O) groups excluding carboxylic acids is 1. The van der Waals surface area contributed by atoms with Gasteiger partial charge in [0.05, 0.1) is 11.4 Å². The van der Waals surface area contributed by atoms with E-state index < -0.39 is 0 Å². The van der Waals surface area contributed by atoms with Crippen LogP contribution in [0.4, 0.5) is 11.5 Å². The van der Waals surface area contributed by atoms with Gasteiger partial charge in [-0.2, -0.15) is 5.10 Å². The van der Waals surface area contributed by atoms with Crippen LogP contribution in [-0.4, -0.2) is 48.3 Å². The van der Waals surface area contributed by atoms with Gasteiger partial charge < -0.3 is 10.2 Å². The lowest BCUT2D eigenvalue weighted by Crippen LogP contribution is -2.39. The Bertz CT molecular complexity index is 1330. The van der Waals surface area contributed by atoms with E-state index in [9.17, 15) is 9.59 Å². The lowest BCUT2D eigenvalue weighted by molar-refractivity contribution is -0.120. The molecule has 34 heavy (non-hydrogen) atoms. The van der Waals surface area contributed by atoms with Crippen molar-refractivity contribution in [2.45, 2.75) is 19.8 Å². The van der Waals surface area contributed by atoms with Gasteiger partial charge >= 0.3 is 0 Å². The van der Waals surface area contributed by atoms with Crippen LogP contribution in [-0.2, 0) is 11.8 Å². The van der Waals surface area contributed by atoms with Crippen molar-refractivity contribution in [1.29, 1.82) is 0 Å². The van der Waals surface area contributed by atoms with Gasteiger partial charge in [-0.1, -0.05) is 18.2 Å². The molecule has 1 aliphatic rings. The summed E-state index contributed by atoms with van der Waals surface area (Å²) in [4.78, 5) is 28.2. The molecule has 0 aliphatic carbocycles. The molecule has 1 N–H and O–H groups in total. The van der Waals surface area contributed by atoms with Crippen molar-refractivity contribution in [3.63, 3.8) is 0 Å². The maximum atomic E-state index is 13.1. The Hall–Kier alpha value is -4.21. The molecule has 1 saturated heterocycles. The molecule has 5 rings (SSSR count). The Kier molecular flexibility index (Phi) is 5.70. The number of hydrogen-bond donors (Lipinski definition) is 1. The predicted molar refractivity (Wildman–Crippen MR) is 128 cm³/mol. The van der Waals surface area contributed by atoms with Gasteiger partial charge in [-0.05, 0) is 50.1 Å². The second kappa shape index (κ2) is 8.97. The third kappa shape index (κ3) is 3.98. The minimum atomic E-state index is -0.232. The zero-order valence-electron chi connectivity index (χ0n) is 19.1. The molecule has 0 radical (unpaired) electrons. The van der Waals surface area contributed by atoms with Gasteiger partial charge in [0.2, 0.25) is 5.91 Å². The molecule has 4 aromatic rings. The number of hydrogen-bond acceptors (Lipinski definition) is 6. The van der Waals surface area contributed by atoms with E-state index in [1.54, 1.807) is 20.2 Å². The third-order valence-electron chi connectivity index (χ3n) is 6.37. The summed E-state index contributed by atoms with van der Waals surface area (Å²) in [5, 5.41) is 15.6. The van der Waals surface area contributed by atoms with E-state index in [1.807, 2.05) is 68.7 Å². The zero-order chi connectivity index (χ0) is 23.7. The second-order valence-corrected chi connectivity index (χ2v) is 8.39. The Morgan fingerprint density at radius 2 is 1.71 bits per heavy atom. The molecule has 174 valence electrons. The molecule has 0 spiro atoms. The van der Waals surface area contributed by atoms with Crippen LogP contribution in [0.25, 0.3) is 11.5 Å². The molecule has 0 bridgehead atoms. The highest BCUT2D eigenvalue weighted by molar-refractivity contribution is 5.93. The summed E-state index contributed by atoms with van der Waals surface area (Å²) < 4.78 is 4.99. The van der Waals surface area contributed by atoms with Crippen LogP contribution < -0.4 is 15.8 Å². The highest BCUT2D eigenvalue weighted by Gasteiger charge is 2.28. The van der Waals surface area contributed by atoms with Crippen molar-refractivity contribution < 1.29 is 4.79 Å². The first-order valence-corrected chi connectivity index (χ1v) is 11.3. The normalized spacial score (nSPS) is 14.4. The SMILES string of the molecule is Cc1c(NC(=O)C2CCN(c3ccc(-n4cccn4)nn3)CC2)c(=O)n(-c2ccccc2)n1C. The van der Waals surface area contributed by atoms with Gasteiger partial charge in [-0.3, -0.25) is 14.3 Å². The van der Waals surface area contributed by atoms with Crippen molar-refractivity contribution in [3.8, 4) is 11.5 Å². The largest absolute Gasteiger partial charge is 0.355 e. The fraction of sp³-hybridized carbons (Fsp3) is 0.292. The maximum Gasteiger partial charge on any atom is 0.295 e. The number of para-hydroxylation sites is 1. The Balaban J connectivity index is 1.24. The van der Waals surface area contributed by atoms with Gasteiger partial charge in [0.25, 0.3) is 5.56 Å². The smallest absolute Gasteiger partial charge is 0.295 e. The molecule has 10 heteroatoms. The highest BCUT2D eigenvalue weighted by atomic mass is 16.2. The number of piperidine rings is 1. The third-order valence-corrected chi connectivity index (χ3v) is 6.37. The van der Waals surface area contributed by atoms with Gasteiger partial charge in [-0.15, -0.1) is 10.2 Å². The molecular weight excluding hydrogens is 432 g/mol. The Labute approximate surface area is 196 Å². The molecule has 10 nitrogen and oxygen atoms in total. The summed E-state index contributed by atoms with van der Waals surface area (Å²) in [6.45, 7) is 3.22. The van der Waals surface area contributed by atoms with Crippen LogP contribution in [0.3, 0.4) is 0 Å². The van der Waals surface area contributed by atoms with Crippen LogP contribution in [0.15, 0.2) is 65.7 Å². The maximum absolute atomic E-state index is 13.1. The molecule has 0 unspecified atom stereocenters. The minimum absolute atomic E-state index is 0.120. The molecule has 1 amide bonds. The van der Waals surface area contributed by atoms with E-state index in [1.165, 1.54) is 0 Å². The second-order valence-electron chi connectivity index (χ2n) is 8.39. The molecule has 1 aromatic carbocycles. The van der Waals surface area contributed by atoms with Gasteiger partial charge in [0.15, 0.2) is 11.6 Å². The summed E-state index contributed by atoms with van der Waals surface area (Å²) >= 11 is 0. The fourth-order valence-electron chi connectivity index (χ4n) is 4.32. The van der Waals surface area contributed by atoms with Crippen LogP contribution in [0.1, 0.15) is 18.5 Å². The van der Waals surface area contributed by atoms with Crippen molar-refractivity contribution in [2.24, 2.45) is 13.0 Å². The van der Waals surface area contributed by atoms with Crippen molar-refractivity contribution in [2.75, 3.05) is 23.3 Å². The Morgan fingerprint density at radius 1 is 1.00 bits per heavy atom. The van der Waals surface area contributed by atoms with Gasteiger partial charge in [0, 0.05) is 38.4 Å². The Morgan fingerprint density at radius 3 is 2.35 bits per heavy atom. The average Bonchev–Trinajstić information content (AvgIpc) is 3.49. The van der Waals surface area contributed by atoms with Crippen molar-refractivity contribution in [3.05, 3.63) is 77.0 Å². The molecule has 1 aliphatic heterocycles. The number of aromatic nitrogens is 6. The monoisotopic (exact) mass is 458 g/mol. The first-order chi connectivity index (χ1) is 16.5. The lowest BCUT2D eigenvalue weighted by Gasteiger charge is -2.31. The van der Waals surface area contributed by atoms with Crippen LogP contribution in [0, 0.1) is 12.8 Å². The molecule has 3 aromatic heterocycles. The average molecular weight is 459 g/mol. The summed E-state index contributed by atoms with van der Waals surface area (Å²) in [5.74, 6) is 1.14. The molecule has 4 heterocycles. The van der Waals surface area contributed by atoms with Crippen LogP contribution in [0.5, 0.6) is 0 Å². The number of benzene rings is 1.